The fraction of sp³-hybridized carbons (Fsp3) is 0.440. The summed E-state index contributed by atoms with van der Waals surface area (Å²) in [6.45, 7) is 5.12. The Bertz CT molecular complexity index is 1240. The van der Waals surface area contributed by atoms with Crippen molar-refractivity contribution in [2.24, 2.45) is 0 Å². The average molecular weight is 553 g/mol. The molecule has 0 fully saturated rings. The quantitative estimate of drug-likeness (QED) is 0.227. The van der Waals surface area contributed by atoms with Crippen molar-refractivity contribution in [2.45, 2.75) is 52.6 Å². The minimum Gasteiger partial charge on any atom is -0.354 e. The predicted octanol–water partition coefficient (Wildman–Crippen LogP) is 4.05. The van der Waals surface area contributed by atoms with Gasteiger partial charge in [-0.15, -0.1) is 0 Å². The van der Waals surface area contributed by atoms with E-state index in [0.29, 0.717) is 22.7 Å². The third-order valence-electron chi connectivity index (χ3n) is 5.87. The van der Waals surface area contributed by atoms with Crippen LogP contribution in [0, 0.1) is 17.0 Å². The van der Waals surface area contributed by atoms with E-state index >= 15 is 0 Å². The number of carbonyl (C=O) groups is 2. The molecule has 202 valence electrons. The molecule has 1 atom stereocenters. The molecule has 0 heterocycles. The molecule has 37 heavy (non-hydrogen) atoms. The van der Waals surface area contributed by atoms with Crippen molar-refractivity contribution >= 4 is 44.8 Å². The maximum Gasteiger partial charge on any atom is 0.271 e. The number of nitrogens with one attached hydrogen (secondary N) is 1. The number of rotatable bonds is 13. The molecule has 0 saturated carbocycles. The number of carbonyl (C=O) groups excluding carboxylic acids is 2. The molecule has 2 rings (SSSR count). The van der Waals surface area contributed by atoms with Crippen LogP contribution in [0.15, 0.2) is 42.5 Å². The molecule has 0 aliphatic carbocycles. The number of unbranched alkanes of at least 4 members (excludes halogenated alkanes) is 1. The molecule has 2 aromatic carbocycles. The summed E-state index contributed by atoms with van der Waals surface area (Å²) < 4.78 is 26.4. The maximum atomic E-state index is 13.7. The van der Waals surface area contributed by atoms with E-state index in [1.54, 1.807) is 38.1 Å². The van der Waals surface area contributed by atoms with E-state index in [1.165, 1.54) is 17.0 Å². The van der Waals surface area contributed by atoms with Crippen molar-refractivity contribution in [3.05, 3.63) is 68.7 Å². The molecular weight excluding hydrogens is 520 g/mol. The highest BCUT2D eigenvalue weighted by atomic mass is 35.5. The number of nitro benzene ring substituents is 1. The van der Waals surface area contributed by atoms with Gasteiger partial charge in [0.05, 0.1) is 16.9 Å². The molecule has 0 radical (unpaired) electrons. The van der Waals surface area contributed by atoms with Crippen LogP contribution in [0.2, 0.25) is 5.02 Å². The lowest BCUT2D eigenvalue weighted by Gasteiger charge is -2.33. The van der Waals surface area contributed by atoms with Gasteiger partial charge in [-0.3, -0.25) is 24.0 Å². The van der Waals surface area contributed by atoms with E-state index in [1.807, 2.05) is 6.92 Å². The first kappa shape index (κ1) is 30.0. The van der Waals surface area contributed by atoms with Crippen molar-refractivity contribution in [3.8, 4) is 0 Å². The molecule has 0 bridgehead atoms. The molecule has 0 aromatic heterocycles. The Hall–Kier alpha value is -3.18. The van der Waals surface area contributed by atoms with Gasteiger partial charge < -0.3 is 10.2 Å². The van der Waals surface area contributed by atoms with E-state index in [9.17, 15) is 28.1 Å². The number of halogens is 1. The topological polar surface area (TPSA) is 130 Å². The van der Waals surface area contributed by atoms with Crippen LogP contribution in [0.4, 0.5) is 11.4 Å². The molecule has 0 spiro atoms. The zero-order valence-corrected chi connectivity index (χ0v) is 23.0. The summed E-state index contributed by atoms with van der Waals surface area (Å²) in [7, 11) is -4.03. The number of hydrogen-bond donors (Lipinski definition) is 1. The number of nitro groups is 1. The lowest BCUT2D eigenvalue weighted by Crippen LogP contribution is -2.52. The van der Waals surface area contributed by atoms with Crippen molar-refractivity contribution in [1.82, 2.24) is 10.2 Å². The van der Waals surface area contributed by atoms with Gasteiger partial charge in [0, 0.05) is 30.2 Å². The van der Waals surface area contributed by atoms with Gasteiger partial charge in [0.2, 0.25) is 21.8 Å². The molecule has 10 nitrogen and oxygen atoms in total. The minimum absolute atomic E-state index is 0.0168. The minimum atomic E-state index is -4.03. The Morgan fingerprint density at radius 3 is 2.41 bits per heavy atom. The number of nitrogens with zero attached hydrogens (tertiary/aromatic N) is 3. The van der Waals surface area contributed by atoms with Crippen LogP contribution in [0.3, 0.4) is 0 Å². The van der Waals surface area contributed by atoms with Crippen LogP contribution in [0.5, 0.6) is 0 Å². The number of aryl methyl sites for hydroxylation is 1. The lowest BCUT2D eigenvalue weighted by molar-refractivity contribution is -0.384. The number of hydrogen-bond acceptors (Lipinski definition) is 6. The first-order chi connectivity index (χ1) is 17.4. The summed E-state index contributed by atoms with van der Waals surface area (Å²) >= 11 is 6.34. The fourth-order valence-corrected chi connectivity index (χ4v) is 4.91. The van der Waals surface area contributed by atoms with Crippen LogP contribution in [0.1, 0.15) is 44.2 Å². The molecule has 2 amide bonds. The van der Waals surface area contributed by atoms with Crippen molar-refractivity contribution in [1.29, 1.82) is 0 Å². The summed E-state index contributed by atoms with van der Waals surface area (Å²) in [5.74, 6) is -0.998. The first-order valence-corrected chi connectivity index (χ1v) is 14.2. The van der Waals surface area contributed by atoms with Gasteiger partial charge in [-0.2, -0.15) is 0 Å². The highest BCUT2D eigenvalue weighted by Crippen LogP contribution is 2.28. The molecule has 0 unspecified atom stereocenters. The molecule has 12 heteroatoms. The molecule has 0 saturated heterocycles. The van der Waals surface area contributed by atoms with Gasteiger partial charge in [0.1, 0.15) is 12.6 Å². The van der Waals surface area contributed by atoms with Gasteiger partial charge in [-0.25, -0.2) is 8.42 Å². The summed E-state index contributed by atoms with van der Waals surface area (Å²) in [6, 6.07) is 9.81. The second-order valence-electron chi connectivity index (χ2n) is 8.68. The largest absolute Gasteiger partial charge is 0.354 e. The van der Waals surface area contributed by atoms with Crippen molar-refractivity contribution in [3.63, 3.8) is 0 Å². The van der Waals surface area contributed by atoms with E-state index in [-0.39, 0.29) is 30.2 Å². The SMILES string of the molecule is CCCCNC(=O)[C@@H](CC)N(Cc1ccccc1Cl)C(=O)CN(c1cc([N+](=O)[O-])ccc1C)S(C)(=O)=O. The lowest BCUT2D eigenvalue weighted by atomic mass is 10.1. The molecule has 2 aromatic rings. The van der Waals surface area contributed by atoms with Gasteiger partial charge in [-0.05, 0) is 37.0 Å². The molecule has 1 N–H and O–H groups in total. The highest BCUT2D eigenvalue weighted by molar-refractivity contribution is 7.92. The maximum absolute atomic E-state index is 13.7. The van der Waals surface area contributed by atoms with Gasteiger partial charge in [0.25, 0.3) is 5.69 Å². The molecular formula is C25H33ClN4O6S. The van der Waals surface area contributed by atoms with E-state index < -0.39 is 33.4 Å². The van der Waals surface area contributed by atoms with Gasteiger partial charge in [-0.1, -0.05) is 56.1 Å². The summed E-state index contributed by atoms with van der Waals surface area (Å²) in [4.78, 5) is 38.8. The summed E-state index contributed by atoms with van der Waals surface area (Å²) in [6.07, 6.45) is 2.86. The first-order valence-electron chi connectivity index (χ1n) is 11.9. The smallest absolute Gasteiger partial charge is 0.271 e. The standard InChI is InChI=1S/C25H33ClN4O6S/c1-5-7-14-27-25(32)22(6-2)28(16-19-10-8-9-11-21(19)26)24(31)17-29(37(4,35)36)23-15-20(30(33)34)13-12-18(23)3/h8-13,15,22H,5-7,14,16-17H2,1-4H3,(H,27,32)/t22-/m1/s1. The van der Waals surface area contributed by atoms with E-state index in [4.69, 9.17) is 11.6 Å². The predicted molar refractivity (Wildman–Crippen MR) is 144 cm³/mol. The molecule has 0 aliphatic rings. The zero-order chi connectivity index (χ0) is 27.8. The zero-order valence-electron chi connectivity index (χ0n) is 21.4. The Labute approximate surface area is 222 Å². The fourth-order valence-electron chi connectivity index (χ4n) is 3.81. The van der Waals surface area contributed by atoms with Crippen LogP contribution in [-0.4, -0.2) is 55.4 Å². The summed E-state index contributed by atoms with van der Waals surface area (Å²) in [5.41, 5.74) is 0.736. The Balaban J connectivity index is 2.51. The average Bonchev–Trinajstić information content (AvgIpc) is 2.83. The third kappa shape index (κ3) is 8.16. The number of amides is 2. The van der Waals surface area contributed by atoms with Crippen LogP contribution < -0.4 is 9.62 Å². The summed E-state index contributed by atoms with van der Waals surface area (Å²) in [5, 5.41) is 14.6. The Kier molecular flexibility index (Phi) is 10.9. The number of sulfonamides is 1. The second-order valence-corrected chi connectivity index (χ2v) is 11.0. The third-order valence-corrected chi connectivity index (χ3v) is 7.36. The van der Waals surface area contributed by atoms with Gasteiger partial charge in [0.15, 0.2) is 0 Å². The Morgan fingerprint density at radius 1 is 1.16 bits per heavy atom. The van der Waals surface area contributed by atoms with Gasteiger partial charge >= 0.3 is 0 Å². The van der Waals surface area contributed by atoms with Crippen LogP contribution in [0.25, 0.3) is 0 Å². The van der Waals surface area contributed by atoms with Crippen LogP contribution >= 0.6 is 11.6 Å². The Morgan fingerprint density at radius 2 is 1.84 bits per heavy atom. The van der Waals surface area contributed by atoms with Crippen molar-refractivity contribution in [2.75, 3.05) is 23.7 Å². The number of non-ortho nitro benzene ring substituents is 1. The normalized spacial score (nSPS) is 12.0. The second kappa shape index (κ2) is 13.4. The van der Waals surface area contributed by atoms with Crippen molar-refractivity contribution < 1.29 is 22.9 Å². The van der Waals surface area contributed by atoms with E-state index in [0.717, 1.165) is 29.5 Å². The monoisotopic (exact) mass is 552 g/mol. The number of benzene rings is 2. The van der Waals surface area contributed by atoms with Crippen LogP contribution in [-0.2, 0) is 26.2 Å². The number of anilines is 1. The molecule has 0 aliphatic heterocycles. The highest BCUT2D eigenvalue weighted by Gasteiger charge is 2.32. The van der Waals surface area contributed by atoms with E-state index in [2.05, 4.69) is 5.32 Å².